The van der Waals surface area contributed by atoms with Crippen LogP contribution >= 0.6 is 0 Å². The summed E-state index contributed by atoms with van der Waals surface area (Å²) in [5.41, 5.74) is 2.20. The molecule has 1 aliphatic heterocycles. The van der Waals surface area contributed by atoms with Crippen molar-refractivity contribution in [3.63, 3.8) is 0 Å². The molecule has 1 fully saturated rings. The highest BCUT2D eigenvalue weighted by Gasteiger charge is 2.25. The van der Waals surface area contributed by atoms with E-state index in [9.17, 15) is 4.39 Å². The summed E-state index contributed by atoms with van der Waals surface area (Å²) in [6.07, 6.45) is 3.66. The van der Waals surface area contributed by atoms with Gasteiger partial charge < -0.3 is 0 Å². The molecule has 104 valence electrons. The second-order valence-electron chi connectivity index (χ2n) is 5.36. The fourth-order valence-electron chi connectivity index (χ4n) is 2.89. The lowest BCUT2D eigenvalue weighted by atomic mass is 10.1. The average molecular weight is 268 g/mol. The van der Waals surface area contributed by atoms with E-state index in [2.05, 4.69) is 17.0 Å². The summed E-state index contributed by atoms with van der Waals surface area (Å²) in [4.78, 5) is 2.24. The van der Waals surface area contributed by atoms with E-state index in [4.69, 9.17) is 0 Å². The van der Waals surface area contributed by atoms with Crippen molar-refractivity contribution in [1.29, 1.82) is 0 Å². The minimum absolute atomic E-state index is 0.00960. The smallest absolute Gasteiger partial charge is 0.0428 e. The monoisotopic (exact) mass is 268 g/mol. The maximum Gasteiger partial charge on any atom is 0.0428 e. The third-order valence-electron chi connectivity index (χ3n) is 3.90. The van der Waals surface area contributed by atoms with Crippen LogP contribution in [0.1, 0.15) is 24.0 Å². The van der Waals surface area contributed by atoms with Crippen LogP contribution in [-0.2, 0) is 6.54 Å². The second-order valence-corrected chi connectivity index (χ2v) is 5.36. The molecule has 2 aromatic rings. The highest BCUT2D eigenvalue weighted by atomic mass is 19.1. The van der Waals surface area contributed by atoms with Crippen LogP contribution in [0.3, 0.4) is 0 Å². The molecule has 20 heavy (non-hydrogen) atoms. The zero-order valence-corrected chi connectivity index (χ0v) is 11.5. The lowest BCUT2D eigenvalue weighted by Gasteiger charge is -2.25. The van der Waals surface area contributed by atoms with Gasteiger partial charge in [-0.25, -0.2) is 0 Å². The van der Waals surface area contributed by atoms with Gasteiger partial charge in [-0.15, -0.1) is 23.8 Å². The zero-order chi connectivity index (χ0) is 13.8. The molecule has 0 saturated carbocycles. The van der Waals surface area contributed by atoms with Crippen LogP contribution in [0, 0.1) is 0 Å². The second kappa shape index (κ2) is 6.10. The van der Waals surface area contributed by atoms with Crippen LogP contribution in [0.4, 0.5) is 4.39 Å². The van der Waals surface area contributed by atoms with Gasteiger partial charge in [-0.2, -0.15) is 12.1 Å². The summed E-state index contributed by atoms with van der Waals surface area (Å²) >= 11 is 0. The van der Waals surface area contributed by atoms with Crippen molar-refractivity contribution in [3.8, 4) is 0 Å². The topological polar surface area (TPSA) is 3.24 Å². The first kappa shape index (κ1) is 13.2. The summed E-state index contributed by atoms with van der Waals surface area (Å²) in [5.74, 6) is -0.00960. The van der Waals surface area contributed by atoms with Crippen molar-refractivity contribution in [3.05, 3.63) is 71.6 Å². The molecular formula is C18H19FN-. The molecular weight excluding hydrogens is 249 g/mol. The van der Waals surface area contributed by atoms with Crippen molar-refractivity contribution >= 4 is 6.08 Å². The van der Waals surface area contributed by atoms with Gasteiger partial charge in [0, 0.05) is 18.4 Å². The quantitative estimate of drug-likeness (QED) is 0.744. The molecule has 1 heterocycles. The molecule has 0 radical (unpaired) electrons. The number of rotatable bonds is 4. The van der Waals surface area contributed by atoms with Gasteiger partial charge in [0.05, 0.1) is 0 Å². The first-order valence-electron chi connectivity index (χ1n) is 7.20. The van der Waals surface area contributed by atoms with Gasteiger partial charge in [-0.05, 0) is 24.9 Å². The highest BCUT2D eigenvalue weighted by Crippen LogP contribution is 2.27. The first-order chi connectivity index (χ1) is 9.83. The number of likely N-dealkylation sites (tertiary alicyclic amines) is 1. The lowest BCUT2D eigenvalue weighted by Crippen LogP contribution is -2.29. The Morgan fingerprint density at radius 1 is 1.20 bits per heavy atom. The van der Waals surface area contributed by atoms with E-state index in [1.54, 1.807) is 6.08 Å². The summed E-state index contributed by atoms with van der Waals surface area (Å²) in [6.45, 7) is 1.80. The van der Waals surface area contributed by atoms with Gasteiger partial charge in [0.15, 0.2) is 0 Å². The molecule has 2 heteroatoms. The SMILES string of the molecule is FC(=C[c-]1cccc1)C1CCCN1Cc1ccccc1. The first-order valence-corrected chi connectivity index (χ1v) is 7.20. The Kier molecular flexibility index (Phi) is 4.03. The largest absolute Gasteiger partial charge is 0.298 e. The Morgan fingerprint density at radius 3 is 2.70 bits per heavy atom. The molecule has 0 amide bonds. The molecule has 0 aliphatic carbocycles. The molecule has 1 aliphatic rings. The van der Waals surface area contributed by atoms with Crippen LogP contribution in [0.5, 0.6) is 0 Å². The normalized spacial score (nSPS) is 20.4. The van der Waals surface area contributed by atoms with E-state index in [1.165, 1.54) is 5.56 Å². The highest BCUT2D eigenvalue weighted by molar-refractivity contribution is 5.52. The summed E-state index contributed by atoms with van der Waals surface area (Å²) in [5, 5.41) is 0. The van der Waals surface area contributed by atoms with Crippen molar-refractivity contribution < 1.29 is 4.39 Å². The predicted octanol–water partition coefficient (Wildman–Crippen LogP) is 4.38. The fraction of sp³-hybridized carbons (Fsp3) is 0.278. The number of hydrogen-bond donors (Lipinski definition) is 0. The van der Waals surface area contributed by atoms with Gasteiger partial charge in [0.1, 0.15) is 0 Å². The van der Waals surface area contributed by atoms with Gasteiger partial charge >= 0.3 is 0 Å². The van der Waals surface area contributed by atoms with Gasteiger partial charge in [0.25, 0.3) is 0 Å². The fourth-order valence-corrected chi connectivity index (χ4v) is 2.89. The van der Waals surface area contributed by atoms with Crippen LogP contribution in [0.25, 0.3) is 6.08 Å². The summed E-state index contributed by atoms with van der Waals surface area (Å²) in [6, 6.07) is 18.0. The van der Waals surface area contributed by atoms with Gasteiger partial charge in [-0.1, -0.05) is 30.3 Å². The van der Waals surface area contributed by atoms with Crippen molar-refractivity contribution in [1.82, 2.24) is 4.90 Å². The Morgan fingerprint density at radius 2 is 1.95 bits per heavy atom. The molecule has 3 rings (SSSR count). The Bertz CT molecular complexity index is 556. The van der Waals surface area contributed by atoms with Crippen LogP contribution in [-0.4, -0.2) is 17.5 Å². The molecule has 1 unspecified atom stereocenters. The Hall–Kier alpha value is -1.80. The van der Waals surface area contributed by atoms with E-state index in [0.29, 0.717) is 0 Å². The number of benzene rings is 1. The zero-order valence-electron chi connectivity index (χ0n) is 11.5. The molecule has 0 aromatic heterocycles. The van der Waals surface area contributed by atoms with E-state index in [0.717, 1.165) is 31.5 Å². The van der Waals surface area contributed by atoms with E-state index in [-0.39, 0.29) is 11.9 Å². The number of nitrogens with zero attached hydrogens (tertiary/aromatic N) is 1. The minimum atomic E-state index is -0.0647. The number of hydrogen-bond acceptors (Lipinski definition) is 1. The van der Waals surface area contributed by atoms with Gasteiger partial charge in [-0.3, -0.25) is 9.29 Å². The van der Waals surface area contributed by atoms with E-state index < -0.39 is 0 Å². The Balaban J connectivity index is 1.72. The summed E-state index contributed by atoms with van der Waals surface area (Å²) < 4.78 is 14.4. The maximum atomic E-state index is 14.4. The lowest BCUT2D eigenvalue weighted by molar-refractivity contribution is 0.248. The molecule has 0 bridgehead atoms. The summed E-state index contributed by atoms with van der Waals surface area (Å²) in [7, 11) is 0. The van der Waals surface area contributed by atoms with Crippen molar-refractivity contribution in [2.45, 2.75) is 25.4 Å². The Labute approximate surface area is 119 Å². The molecule has 1 saturated heterocycles. The molecule has 0 N–H and O–H groups in total. The molecule has 2 aromatic carbocycles. The molecule has 0 spiro atoms. The van der Waals surface area contributed by atoms with Crippen LogP contribution in [0.15, 0.2) is 60.4 Å². The molecule has 1 atom stereocenters. The van der Waals surface area contributed by atoms with Crippen molar-refractivity contribution in [2.24, 2.45) is 0 Å². The standard InChI is InChI=1S/C18H19FN/c19-17(13-15-7-4-5-8-15)18-11-6-12-20(18)14-16-9-2-1-3-10-16/h1-5,7-10,13,18H,6,11-12,14H2/q-1. The van der Waals surface area contributed by atoms with Crippen molar-refractivity contribution in [2.75, 3.05) is 6.54 Å². The van der Waals surface area contributed by atoms with Crippen LogP contribution in [0.2, 0.25) is 0 Å². The van der Waals surface area contributed by atoms with Crippen LogP contribution < -0.4 is 0 Å². The van der Waals surface area contributed by atoms with E-state index in [1.807, 2.05) is 42.5 Å². The third kappa shape index (κ3) is 3.02. The number of halogens is 1. The predicted molar refractivity (Wildman–Crippen MR) is 81.0 cm³/mol. The van der Waals surface area contributed by atoms with E-state index >= 15 is 0 Å². The third-order valence-corrected chi connectivity index (χ3v) is 3.90. The average Bonchev–Trinajstić information content (AvgIpc) is 3.11. The maximum absolute atomic E-state index is 14.4. The molecule has 1 nitrogen and oxygen atoms in total. The minimum Gasteiger partial charge on any atom is -0.298 e. The van der Waals surface area contributed by atoms with Gasteiger partial charge in [0.2, 0.25) is 0 Å².